The van der Waals surface area contributed by atoms with Gasteiger partial charge in [0.2, 0.25) is 5.91 Å². The number of hydrogen-bond donors (Lipinski definition) is 2. The van der Waals surface area contributed by atoms with Crippen LogP contribution in [0.25, 0.3) is 0 Å². The number of ether oxygens (including phenoxy) is 1. The molecule has 1 amide bonds. The third kappa shape index (κ3) is 8.03. The van der Waals surface area contributed by atoms with Crippen LogP contribution in [0.15, 0.2) is 53.5 Å². The summed E-state index contributed by atoms with van der Waals surface area (Å²) in [5, 5.41) is 7.33. The number of hydrogen-bond acceptors (Lipinski definition) is 3. The van der Waals surface area contributed by atoms with E-state index in [0.717, 1.165) is 29.2 Å². The molecule has 0 spiro atoms. The van der Waals surface area contributed by atoms with Crippen molar-refractivity contribution in [3.63, 3.8) is 0 Å². The highest BCUT2D eigenvalue weighted by Gasteiger charge is 2.05. The fourth-order valence-corrected chi connectivity index (χ4v) is 2.83. The topological polar surface area (TPSA) is 66.0 Å². The highest BCUT2D eigenvalue weighted by molar-refractivity contribution is 6.31. The first-order chi connectivity index (χ1) is 14.0. The molecule has 0 unspecified atom stereocenters. The van der Waals surface area contributed by atoms with Gasteiger partial charge in [-0.25, -0.2) is 4.99 Å². The summed E-state index contributed by atoms with van der Waals surface area (Å²) in [5.41, 5.74) is 2.27. The lowest BCUT2D eigenvalue weighted by Gasteiger charge is -2.14. The highest BCUT2D eigenvalue weighted by Crippen LogP contribution is 2.14. The normalized spacial score (nSPS) is 11.1. The number of likely N-dealkylation sites (N-methyl/N-ethyl adjacent to an activating group) is 1. The van der Waals surface area contributed by atoms with Crippen LogP contribution in [0.2, 0.25) is 5.02 Å². The number of nitrogens with zero attached hydrogens (tertiary/aromatic N) is 2. The van der Waals surface area contributed by atoms with Gasteiger partial charge >= 0.3 is 0 Å². The van der Waals surface area contributed by atoms with E-state index >= 15 is 0 Å². The van der Waals surface area contributed by atoms with Crippen molar-refractivity contribution in [1.29, 1.82) is 0 Å². The lowest BCUT2D eigenvalue weighted by atomic mass is 10.1. The number of nitrogens with one attached hydrogen (secondary N) is 2. The van der Waals surface area contributed by atoms with Gasteiger partial charge in [0.05, 0.1) is 7.11 Å². The molecule has 2 rings (SSSR count). The van der Waals surface area contributed by atoms with E-state index < -0.39 is 0 Å². The summed E-state index contributed by atoms with van der Waals surface area (Å²) >= 11 is 6.22. The van der Waals surface area contributed by atoms with E-state index in [0.29, 0.717) is 19.0 Å². The van der Waals surface area contributed by atoms with Gasteiger partial charge in [-0.3, -0.25) is 4.79 Å². The highest BCUT2D eigenvalue weighted by atomic mass is 35.5. The molecule has 0 heterocycles. The Labute approximate surface area is 177 Å². The SMILES string of the molecule is COc1ccc(CCNC(=NCC(=O)N(C)C)NCCc2ccccc2Cl)cc1. The van der Waals surface area contributed by atoms with Crippen molar-refractivity contribution in [3.8, 4) is 5.75 Å². The van der Waals surface area contributed by atoms with Gasteiger partial charge in [0.1, 0.15) is 12.3 Å². The van der Waals surface area contributed by atoms with Crippen LogP contribution in [-0.4, -0.2) is 57.6 Å². The monoisotopic (exact) mass is 416 g/mol. The molecule has 2 aromatic carbocycles. The molecule has 0 bridgehead atoms. The van der Waals surface area contributed by atoms with Crippen LogP contribution in [-0.2, 0) is 17.6 Å². The lowest BCUT2D eigenvalue weighted by molar-refractivity contribution is -0.127. The van der Waals surface area contributed by atoms with Crippen LogP contribution in [0.5, 0.6) is 5.75 Å². The van der Waals surface area contributed by atoms with Gasteiger partial charge < -0.3 is 20.3 Å². The maximum absolute atomic E-state index is 11.9. The summed E-state index contributed by atoms with van der Waals surface area (Å²) in [7, 11) is 5.10. The fraction of sp³-hybridized carbons (Fsp3) is 0.364. The first kappa shape index (κ1) is 22.6. The van der Waals surface area contributed by atoms with Gasteiger partial charge in [-0.1, -0.05) is 41.9 Å². The van der Waals surface area contributed by atoms with Crippen molar-refractivity contribution in [2.75, 3.05) is 40.8 Å². The van der Waals surface area contributed by atoms with Crippen LogP contribution in [0, 0.1) is 0 Å². The molecule has 0 aliphatic rings. The zero-order valence-corrected chi connectivity index (χ0v) is 18.0. The van der Waals surface area contributed by atoms with Crippen LogP contribution in [0.4, 0.5) is 0 Å². The number of halogens is 1. The van der Waals surface area contributed by atoms with Gasteiger partial charge in [0.15, 0.2) is 5.96 Å². The molecule has 0 fully saturated rings. The molecule has 0 atom stereocenters. The van der Waals surface area contributed by atoms with Gasteiger partial charge in [-0.05, 0) is 42.2 Å². The average molecular weight is 417 g/mol. The first-order valence-corrected chi connectivity index (χ1v) is 9.96. The fourth-order valence-electron chi connectivity index (χ4n) is 2.60. The number of carbonyl (C=O) groups excluding carboxylic acids is 1. The Hall–Kier alpha value is -2.73. The minimum absolute atomic E-state index is 0.0487. The van der Waals surface area contributed by atoms with Crippen molar-refractivity contribution in [2.24, 2.45) is 4.99 Å². The number of aliphatic imine (C=N–C) groups is 1. The van der Waals surface area contributed by atoms with E-state index in [-0.39, 0.29) is 12.5 Å². The van der Waals surface area contributed by atoms with Crippen molar-refractivity contribution >= 4 is 23.5 Å². The molecule has 7 heteroatoms. The average Bonchev–Trinajstić information content (AvgIpc) is 2.73. The molecule has 0 saturated heterocycles. The molecule has 156 valence electrons. The molecule has 0 radical (unpaired) electrons. The van der Waals surface area contributed by atoms with Crippen LogP contribution in [0.3, 0.4) is 0 Å². The van der Waals surface area contributed by atoms with Crippen molar-refractivity contribution < 1.29 is 9.53 Å². The molecule has 29 heavy (non-hydrogen) atoms. The molecular formula is C22H29ClN4O2. The molecular weight excluding hydrogens is 388 g/mol. The number of guanidine groups is 1. The number of amides is 1. The van der Waals surface area contributed by atoms with Crippen molar-refractivity contribution in [1.82, 2.24) is 15.5 Å². The van der Waals surface area contributed by atoms with E-state index in [1.165, 1.54) is 10.5 Å². The van der Waals surface area contributed by atoms with E-state index in [9.17, 15) is 4.79 Å². The molecule has 0 aromatic heterocycles. The second-order valence-electron chi connectivity index (χ2n) is 6.75. The summed E-state index contributed by atoms with van der Waals surface area (Å²) in [4.78, 5) is 17.8. The minimum atomic E-state index is -0.0487. The Kier molecular flexibility index (Phi) is 9.31. The maximum atomic E-state index is 11.9. The molecule has 6 nitrogen and oxygen atoms in total. The molecule has 0 aliphatic carbocycles. The summed E-state index contributed by atoms with van der Waals surface area (Å²) < 4.78 is 5.18. The third-order valence-corrected chi connectivity index (χ3v) is 4.75. The largest absolute Gasteiger partial charge is 0.497 e. The lowest BCUT2D eigenvalue weighted by Crippen LogP contribution is -2.40. The van der Waals surface area contributed by atoms with Gasteiger partial charge in [0.25, 0.3) is 0 Å². The number of benzene rings is 2. The predicted octanol–water partition coefficient (Wildman–Crippen LogP) is 2.76. The Bertz CT molecular complexity index is 807. The Morgan fingerprint density at radius 3 is 2.31 bits per heavy atom. The summed E-state index contributed by atoms with van der Waals surface area (Å²) in [6.07, 6.45) is 1.59. The van der Waals surface area contributed by atoms with Crippen LogP contribution in [0.1, 0.15) is 11.1 Å². The van der Waals surface area contributed by atoms with Gasteiger partial charge in [0, 0.05) is 32.2 Å². The van der Waals surface area contributed by atoms with Crippen LogP contribution >= 0.6 is 11.6 Å². The summed E-state index contributed by atoms with van der Waals surface area (Å²) in [6.45, 7) is 1.45. The Morgan fingerprint density at radius 1 is 1.03 bits per heavy atom. The number of carbonyl (C=O) groups is 1. The predicted molar refractivity (Wildman–Crippen MR) is 119 cm³/mol. The summed E-state index contributed by atoms with van der Waals surface area (Å²) in [6, 6.07) is 15.8. The third-order valence-electron chi connectivity index (χ3n) is 4.38. The van der Waals surface area contributed by atoms with E-state index in [4.69, 9.17) is 16.3 Å². The van der Waals surface area contributed by atoms with Crippen LogP contribution < -0.4 is 15.4 Å². The first-order valence-electron chi connectivity index (χ1n) is 9.58. The molecule has 0 aliphatic heterocycles. The zero-order valence-electron chi connectivity index (χ0n) is 17.2. The Morgan fingerprint density at radius 2 is 1.69 bits per heavy atom. The van der Waals surface area contributed by atoms with Gasteiger partial charge in [-0.15, -0.1) is 0 Å². The van der Waals surface area contributed by atoms with E-state index in [2.05, 4.69) is 15.6 Å². The van der Waals surface area contributed by atoms with E-state index in [1.807, 2.05) is 48.5 Å². The minimum Gasteiger partial charge on any atom is -0.497 e. The molecule has 2 N–H and O–H groups in total. The molecule has 2 aromatic rings. The Balaban J connectivity index is 1.90. The quantitative estimate of drug-likeness (QED) is 0.487. The standard InChI is InChI=1S/C22H29ClN4O2/c1-27(2)21(28)16-26-22(25-15-13-18-6-4-5-7-20(18)23)24-14-12-17-8-10-19(29-3)11-9-17/h4-11H,12-16H2,1-3H3,(H2,24,25,26). The van der Waals surface area contributed by atoms with Gasteiger partial charge in [-0.2, -0.15) is 0 Å². The number of rotatable bonds is 9. The maximum Gasteiger partial charge on any atom is 0.243 e. The zero-order chi connectivity index (χ0) is 21.1. The number of methoxy groups -OCH3 is 1. The molecule has 0 saturated carbocycles. The second-order valence-corrected chi connectivity index (χ2v) is 7.15. The van der Waals surface area contributed by atoms with Crippen molar-refractivity contribution in [3.05, 3.63) is 64.7 Å². The van der Waals surface area contributed by atoms with Crippen molar-refractivity contribution in [2.45, 2.75) is 12.8 Å². The second kappa shape index (κ2) is 12.0. The smallest absolute Gasteiger partial charge is 0.243 e. The van der Waals surface area contributed by atoms with E-state index in [1.54, 1.807) is 21.2 Å². The summed E-state index contributed by atoms with van der Waals surface area (Å²) in [5.74, 6) is 1.40.